The van der Waals surface area contributed by atoms with E-state index in [9.17, 15) is 18.0 Å². The average molecular weight is 519 g/mol. The van der Waals surface area contributed by atoms with E-state index in [2.05, 4.69) is 41.4 Å². The monoisotopic (exact) mass is 518 g/mol. The fourth-order valence-corrected chi connectivity index (χ4v) is 4.59. The van der Waals surface area contributed by atoms with Crippen LogP contribution in [0.15, 0.2) is 32.5 Å². The van der Waals surface area contributed by atoms with Gasteiger partial charge in [0.25, 0.3) is 10.2 Å². The Kier molecular flexibility index (Phi) is 7.97. The number of hydrogen-bond donors (Lipinski definition) is 4. The number of nitrogens with zero attached hydrogens (tertiary/aromatic N) is 3. The van der Waals surface area contributed by atoms with Crippen molar-refractivity contribution in [3.63, 3.8) is 0 Å². The number of hydrogen-bond acceptors (Lipinski definition) is 8. The van der Waals surface area contributed by atoms with Crippen molar-refractivity contribution in [2.45, 2.75) is 44.6 Å². The predicted molar refractivity (Wildman–Crippen MR) is 116 cm³/mol. The number of benzene rings is 1. The quantitative estimate of drug-likeness (QED) is 0.225. The van der Waals surface area contributed by atoms with Gasteiger partial charge in [0.2, 0.25) is 5.82 Å². The third-order valence-electron chi connectivity index (χ3n) is 5.22. The summed E-state index contributed by atoms with van der Waals surface area (Å²) in [6.07, 6.45) is 4.57. The van der Waals surface area contributed by atoms with E-state index in [4.69, 9.17) is 9.77 Å². The van der Waals surface area contributed by atoms with Crippen molar-refractivity contribution in [2.24, 2.45) is 16.2 Å². The smallest absolute Gasteiger partial charge is 0.274 e. The van der Waals surface area contributed by atoms with Crippen LogP contribution < -0.4 is 15.2 Å². The first-order valence-electron chi connectivity index (χ1n) is 9.77. The largest absolute Gasteiger partial charge is 0.411 e. The number of nitrogens with one attached hydrogen (secondary N) is 2. The Bertz CT molecular complexity index is 1030. The summed E-state index contributed by atoms with van der Waals surface area (Å²) in [5.74, 6) is 0.302. The molecule has 1 saturated carbocycles. The second kappa shape index (κ2) is 10.5. The molecule has 2 unspecified atom stereocenters. The van der Waals surface area contributed by atoms with E-state index >= 15 is 0 Å². The molecule has 0 aliphatic heterocycles. The Morgan fingerprint density at radius 2 is 2.19 bits per heavy atom. The zero-order valence-corrected chi connectivity index (χ0v) is 19.0. The lowest BCUT2D eigenvalue weighted by molar-refractivity contribution is 0.301. The van der Waals surface area contributed by atoms with Gasteiger partial charge in [-0.15, -0.1) is 0 Å². The maximum Gasteiger partial charge on any atom is 0.274 e. The zero-order chi connectivity index (χ0) is 22.4. The van der Waals surface area contributed by atoms with Gasteiger partial charge >= 0.3 is 0 Å². The normalized spacial score (nSPS) is 20.0. The van der Waals surface area contributed by atoms with E-state index in [0.717, 1.165) is 31.2 Å². The molecule has 0 spiro atoms. The lowest BCUT2D eigenvalue weighted by atomic mass is 9.84. The van der Waals surface area contributed by atoms with Gasteiger partial charge in [0, 0.05) is 19.0 Å². The molecule has 2 aromatic rings. The fraction of sp³-hybridized carbons (Fsp3) is 0.500. The highest BCUT2D eigenvalue weighted by Gasteiger charge is 2.25. The van der Waals surface area contributed by atoms with Gasteiger partial charge in [0.05, 0.1) is 4.47 Å². The summed E-state index contributed by atoms with van der Waals surface area (Å²) >= 11 is 3.14. The van der Waals surface area contributed by atoms with Crippen LogP contribution in [0.1, 0.15) is 43.4 Å². The molecule has 1 aromatic heterocycles. The van der Waals surface area contributed by atoms with Gasteiger partial charge in [0.1, 0.15) is 11.5 Å². The Balaban J connectivity index is 1.63. The topological polar surface area (TPSA) is 156 Å². The summed E-state index contributed by atoms with van der Waals surface area (Å²) in [4.78, 5) is 0. The van der Waals surface area contributed by atoms with E-state index in [0.29, 0.717) is 29.2 Å². The molecule has 10 nitrogen and oxygen atoms in total. The van der Waals surface area contributed by atoms with Crippen molar-refractivity contribution in [2.75, 3.05) is 11.9 Å². The molecule has 0 radical (unpaired) electrons. The number of halogens is 2. The highest BCUT2D eigenvalue weighted by atomic mass is 79.9. The molecule has 0 bridgehead atoms. The first-order valence-corrected chi connectivity index (χ1v) is 12.1. The third kappa shape index (κ3) is 6.95. The van der Waals surface area contributed by atoms with Crippen molar-refractivity contribution in [1.29, 1.82) is 0 Å². The Morgan fingerprint density at radius 3 is 2.90 bits per heavy atom. The summed E-state index contributed by atoms with van der Waals surface area (Å²) in [7, 11) is -3.69. The van der Waals surface area contributed by atoms with E-state index in [1.807, 2.05) is 0 Å². The fourth-order valence-electron chi connectivity index (χ4n) is 3.76. The number of oxime groups is 1. The van der Waals surface area contributed by atoms with Crippen LogP contribution >= 0.6 is 15.9 Å². The summed E-state index contributed by atoms with van der Waals surface area (Å²) in [6, 6.07) is 4.59. The van der Waals surface area contributed by atoms with Gasteiger partial charge in [-0.3, -0.25) is 0 Å². The Morgan fingerprint density at radius 1 is 1.39 bits per heavy atom. The highest BCUT2D eigenvalue weighted by molar-refractivity contribution is 9.10. The van der Waals surface area contributed by atoms with Gasteiger partial charge in [-0.1, -0.05) is 24.1 Å². The van der Waals surface area contributed by atoms with Crippen molar-refractivity contribution in [3.8, 4) is 0 Å². The van der Waals surface area contributed by atoms with E-state index in [1.165, 1.54) is 6.07 Å². The number of aromatic nitrogens is 2. The molecule has 1 aliphatic carbocycles. The van der Waals surface area contributed by atoms with Gasteiger partial charge < -0.3 is 10.5 Å². The van der Waals surface area contributed by atoms with Crippen molar-refractivity contribution in [3.05, 3.63) is 39.7 Å². The molecule has 170 valence electrons. The first-order chi connectivity index (χ1) is 14.7. The van der Waals surface area contributed by atoms with Crippen LogP contribution in [0.4, 0.5) is 10.2 Å². The van der Waals surface area contributed by atoms with Crippen molar-refractivity contribution >= 4 is 37.7 Å². The second-order valence-corrected chi connectivity index (χ2v) is 9.77. The van der Waals surface area contributed by atoms with Crippen molar-refractivity contribution in [1.82, 2.24) is 15.0 Å². The molecule has 0 amide bonds. The summed E-state index contributed by atoms with van der Waals surface area (Å²) < 4.78 is 43.0. The molecular weight excluding hydrogens is 495 g/mol. The summed E-state index contributed by atoms with van der Waals surface area (Å²) in [5, 5.41) is 28.9. The summed E-state index contributed by atoms with van der Waals surface area (Å²) in [5.41, 5.74) is 1.23. The molecule has 5 N–H and O–H groups in total. The number of rotatable bonds is 9. The Hall–Kier alpha value is -2.09. The van der Waals surface area contributed by atoms with Crippen LogP contribution in [-0.4, -0.2) is 42.2 Å². The SMILES string of the molecule is NS(=O)(=O)NCCC1CCCC(Nc2nonc2C(Cc2ccc(F)c(Br)c2)=NO)C1. The average Bonchev–Trinajstić information content (AvgIpc) is 3.16. The standard InChI is InChI=1S/C18H24BrFN6O4S/c19-14-9-12(4-5-15(14)20)10-16(24-27)17-18(26-30-25-17)23-13-3-1-2-11(8-13)6-7-22-31(21,28)29/h4-5,9,11,13,22,27H,1-3,6-8,10H2,(H,23,26)(H2,21,28,29). The van der Waals surface area contributed by atoms with E-state index < -0.39 is 10.2 Å². The minimum absolute atomic E-state index is 0.0822. The van der Waals surface area contributed by atoms with Crippen LogP contribution in [0, 0.1) is 11.7 Å². The predicted octanol–water partition coefficient (Wildman–Crippen LogP) is 2.55. The lowest BCUT2D eigenvalue weighted by Crippen LogP contribution is -2.34. The molecule has 3 rings (SSSR count). The second-order valence-electron chi connectivity index (χ2n) is 7.54. The molecule has 1 aromatic carbocycles. The van der Waals surface area contributed by atoms with Gasteiger partial charge in [-0.2, -0.15) is 8.42 Å². The number of anilines is 1. The van der Waals surface area contributed by atoms with Crippen LogP contribution in [0.25, 0.3) is 0 Å². The van der Waals surface area contributed by atoms with Gasteiger partial charge in [-0.05, 0) is 69.1 Å². The molecular formula is C18H24BrFN6O4S. The summed E-state index contributed by atoms with van der Waals surface area (Å²) in [6.45, 7) is 0.293. The van der Waals surface area contributed by atoms with Crippen LogP contribution in [0.3, 0.4) is 0 Å². The molecule has 31 heavy (non-hydrogen) atoms. The molecule has 0 saturated heterocycles. The van der Waals surface area contributed by atoms with Crippen LogP contribution in [0.2, 0.25) is 0 Å². The number of nitrogens with two attached hydrogens (primary N) is 1. The molecule has 1 heterocycles. The minimum Gasteiger partial charge on any atom is -0.411 e. The Labute approximate surface area is 187 Å². The van der Waals surface area contributed by atoms with E-state index in [-0.39, 0.29) is 29.7 Å². The van der Waals surface area contributed by atoms with Gasteiger partial charge in [-0.25, -0.2) is 18.9 Å². The van der Waals surface area contributed by atoms with Crippen LogP contribution in [0.5, 0.6) is 0 Å². The molecule has 2 atom stereocenters. The molecule has 1 fully saturated rings. The highest BCUT2D eigenvalue weighted by Crippen LogP contribution is 2.29. The first kappa shape index (κ1) is 23.6. The molecule has 1 aliphatic rings. The third-order valence-corrected chi connectivity index (χ3v) is 6.43. The van der Waals surface area contributed by atoms with Crippen molar-refractivity contribution < 1.29 is 22.6 Å². The zero-order valence-electron chi connectivity index (χ0n) is 16.6. The minimum atomic E-state index is -3.69. The lowest BCUT2D eigenvalue weighted by Gasteiger charge is -2.29. The molecule has 13 heteroatoms. The maximum atomic E-state index is 13.5. The van der Waals surface area contributed by atoms with Crippen LogP contribution in [-0.2, 0) is 16.6 Å². The van der Waals surface area contributed by atoms with Gasteiger partial charge in [0.15, 0.2) is 5.69 Å². The van der Waals surface area contributed by atoms with E-state index in [1.54, 1.807) is 12.1 Å². The maximum absolute atomic E-state index is 13.5.